The highest BCUT2D eigenvalue weighted by Crippen LogP contribution is 2.19. The molecule has 1 unspecified atom stereocenters. The van der Waals surface area contributed by atoms with Crippen molar-refractivity contribution in [3.8, 4) is 5.75 Å². The molecule has 0 radical (unpaired) electrons. The van der Waals surface area contributed by atoms with Crippen molar-refractivity contribution in [2.45, 2.75) is 19.1 Å². The lowest BCUT2D eigenvalue weighted by atomic mass is 10.1. The SMILES string of the molecule is COc1ccc(CC(=O)OC2ONC=C2Cc2ccccc2)cc1. The molecule has 2 aromatic rings. The Labute approximate surface area is 140 Å². The zero-order valence-electron chi connectivity index (χ0n) is 13.4. The molecule has 0 aliphatic carbocycles. The van der Waals surface area contributed by atoms with E-state index in [1.54, 1.807) is 13.3 Å². The van der Waals surface area contributed by atoms with Crippen LogP contribution >= 0.6 is 0 Å². The van der Waals surface area contributed by atoms with E-state index in [0.717, 1.165) is 22.4 Å². The molecule has 1 N–H and O–H groups in total. The number of carbonyl (C=O) groups excluding carboxylic acids is 1. The molecule has 1 aliphatic rings. The Hall–Kier alpha value is -2.79. The van der Waals surface area contributed by atoms with Gasteiger partial charge >= 0.3 is 5.97 Å². The standard InChI is InChI=1S/C19H19NO4/c1-22-17-9-7-15(8-10-17)12-18(21)23-19-16(13-20-24-19)11-14-5-3-2-4-6-14/h2-10,13,19-20H,11-12H2,1H3. The number of methoxy groups -OCH3 is 1. The molecule has 0 fully saturated rings. The van der Waals surface area contributed by atoms with Gasteiger partial charge in [-0.2, -0.15) is 0 Å². The van der Waals surface area contributed by atoms with E-state index in [9.17, 15) is 4.79 Å². The van der Waals surface area contributed by atoms with Crippen molar-refractivity contribution >= 4 is 5.97 Å². The second-order valence-electron chi connectivity index (χ2n) is 5.46. The van der Waals surface area contributed by atoms with Crippen LogP contribution in [0.2, 0.25) is 0 Å². The van der Waals surface area contributed by atoms with Gasteiger partial charge in [0.2, 0.25) is 0 Å². The molecule has 24 heavy (non-hydrogen) atoms. The van der Waals surface area contributed by atoms with Gasteiger partial charge in [0.15, 0.2) is 0 Å². The van der Waals surface area contributed by atoms with Gasteiger partial charge in [-0.25, -0.2) is 4.84 Å². The van der Waals surface area contributed by atoms with E-state index in [2.05, 4.69) is 5.48 Å². The summed E-state index contributed by atoms with van der Waals surface area (Å²) in [6, 6.07) is 17.3. The molecular weight excluding hydrogens is 306 g/mol. The van der Waals surface area contributed by atoms with Crippen molar-refractivity contribution < 1.29 is 19.1 Å². The average Bonchev–Trinajstić information content (AvgIpc) is 3.03. The van der Waals surface area contributed by atoms with E-state index in [0.29, 0.717) is 6.42 Å². The molecule has 0 bridgehead atoms. The maximum absolute atomic E-state index is 12.1. The number of carbonyl (C=O) groups is 1. The molecule has 5 nitrogen and oxygen atoms in total. The lowest BCUT2D eigenvalue weighted by molar-refractivity contribution is -0.173. The third kappa shape index (κ3) is 4.14. The Balaban J connectivity index is 1.56. The monoisotopic (exact) mass is 325 g/mol. The molecule has 0 amide bonds. The largest absolute Gasteiger partial charge is 0.497 e. The smallest absolute Gasteiger partial charge is 0.312 e. The van der Waals surface area contributed by atoms with E-state index < -0.39 is 6.29 Å². The van der Waals surface area contributed by atoms with Crippen LogP contribution in [-0.4, -0.2) is 19.4 Å². The molecule has 0 saturated carbocycles. The number of hydrogen-bond acceptors (Lipinski definition) is 5. The molecule has 124 valence electrons. The predicted octanol–water partition coefficient (Wildman–Crippen LogP) is 2.77. The normalized spacial score (nSPS) is 16.2. The van der Waals surface area contributed by atoms with Gasteiger partial charge < -0.3 is 9.47 Å². The van der Waals surface area contributed by atoms with E-state index >= 15 is 0 Å². The van der Waals surface area contributed by atoms with Gasteiger partial charge in [0.1, 0.15) is 5.75 Å². The summed E-state index contributed by atoms with van der Waals surface area (Å²) in [4.78, 5) is 17.4. The molecular formula is C19H19NO4. The first kappa shape index (κ1) is 16.1. The zero-order chi connectivity index (χ0) is 16.8. The number of esters is 1. The molecule has 1 atom stereocenters. The number of hydroxylamine groups is 1. The lowest BCUT2D eigenvalue weighted by Gasteiger charge is -2.14. The van der Waals surface area contributed by atoms with Crippen LogP contribution in [0.5, 0.6) is 5.75 Å². The Morgan fingerprint density at radius 1 is 1.08 bits per heavy atom. The van der Waals surface area contributed by atoms with Gasteiger partial charge in [-0.05, 0) is 23.3 Å². The predicted molar refractivity (Wildman–Crippen MR) is 89.0 cm³/mol. The first-order chi connectivity index (χ1) is 11.7. The van der Waals surface area contributed by atoms with Crippen LogP contribution < -0.4 is 10.2 Å². The van der Waals surface area contributed by atoms with E-state index in [-0.39, 0.29) is 12.4 Å². The van der Waals surface area contributed by atoms with Crippen LogP contribution in [0.15, 0.2) is 66.4 Å². The first-order valence-corrected chi connectivity index (χ1v) is 7.71. The highest BCUT2D eigenvalue weighted by atomic mass is 16.8. The molecule has 3 rings (SSSR count). The quantitative estimate of drug-likeness (QED) is 0.828. The summed E-state index contributed by atoms with van der Waals surface area (Å²) in [5.41, 5.74) is 5.54. The fraction of sp³-hybridized carbons (Fsp3) is 0.211. The van der Waals surface area contributed by atoms with Gasteiger partial charge in [-0.1, -0.05) is 42.5 Å². The highest BCUT2D eigenvalue weighted by Gasteiger charge is 2.24. The maximum Gasteiger partial charge on any atom is 0.312 e. The van der Waals surface area contributed by atoms with Gasteiger partial charge in [-0.3, -0.25) is 10.3 Å². The Morgan fingerprint density at radius 3 is 2.54 bits per heavy atom. The van der Waals surface area contributed by atoms with Gasteiger partial charge in [0.05, 0.1) is 13.5 Å². The molecule has 0 saturated heterocycles. The average molecular weight is 325 g/mol. The molecule has 0 spiro atoms. The third-order valence-corrected chi connectivity index (χ3v) is 3.72. The molecule has 0 aromatic heterocycles. The Morgan fingerprint density at radius 2 is 1.83 bits per heavy atom. The van der Waals surface area contributed by atoms with Gasteiger partial charge in [-0.15, -0.1) is 0 Å². The van der Waals surface area contributed by atoms with Crippen LogP contribution in [0.3, 0.4) is 0 Å². The molecule has 5 heteroatoms. The van der Waals surface area contributed by atoms with Crippen LogP contribution in [0.25, 0.3) is 0 Å². The fourth-order valence-electron chi connectivity index (χ4n) is 2.45. The third-order valence-electron chi connectivity index (χ3n) is 3.72. The minimum absolute atomic E-state index is 0.183. The van der Waals surface area contributed by atoms with Crippen molar-refractivity contribution in [1.29, 1.82) is 0 Å². The fourth-order valence-corrected chi connectivity index (χ4v) is 2.45. The van der Waals surface area contributed by atoms with Crippen molar-refractivity contribution in [1.82, 2.24) is 5.48 Å². The topological polar surface area (TPSA) is 56.8 Å². The Bertz CT molecular complexity index is 710. The molecule has 1 aliphatic heterocycles. The lowest BCUT2D eigenvalue weighted by Crippen LogP contribution is -2.23. The second kappa shape index (κ2) is 7.66. The number of rotatable bonds is 6. The highest BCUT2D eigenvalue weighted by molar-refractivity contribution is 5.73. The van der Waals surface area contributed by atoms with Crippen LogP contribution in [0, 0.1) is 0 Å². The number of ether oxygens (including phenoxy) is 2. The number of nitrogens with one attached hydrogen (secondary N) is 1. The van der Waals surface area contributed by atoms with Crippen LogP contribution in [0.1, 0.15) is 11.1 Å². The summed E-state index contributed by atoms with van der Waals surface area (Å²) >= 11 is 0. The Kier molecular flexibility index (Phi) is 5.13. The van der Waals surface area contributed by atoms with E-state index in [4.69, 9.17) is 14.3 Å². The van der Waals surface area contributed by atoms with Crippen molar-refractivity contribution in [2.24, 2.45) is 0 Å². The zero-order valence-corrected chi connectivity index (χ0v) is 13.4. The summed E-state index contributed by atoms with van der Waals surface area (Å²) in [7, 11) is 1.61. The minimum atomic E-state index is -0.698. The van der Waals surface area contributed by atoms with Crippen LogP contribution in [-0.2, 0) is 27.2 Å². The molecule has 1 heterocycles. The number of hydrogen-bond donors (Lipinski definition) is 1. The number of benzene rings is 2. The van der Waals surface area contributed by atoms with Crippen molar-refractivity contribution in [3.05, 3.63) is 77.5 Å². The van der Waals surface area contributed by atoms with Crippen molar-refractivity contribution in [3.63, 3.8) is 0 Å². The first-order valence-electron chi connectivity index (χ1n) is 7.71. The summed E-state index contributed by atoms with van der Waals surface area (Å²) in [6.45, 7) is 0. The van der Waals surface area contributed by atoms with E-state index in [1.807, 2.05) is 54.6 Å². The minimum Gasteiger partial charge on any atom is -0.497 e. The second-order valence-corrected chi connectivity index (χ2v) is 5.46. The summed E-state index contributed by atoms with van der Waals surface area (Å²) in [5, 5.41) is 0. The summed E-state index contributed by atoms with van der Waals surface area (Å²) in [5.74, 6) is 0.413. The molecule has 2 aromatic carbocycles. The summed E-state index contributed by atoms with van der Waals surface area (Å²) < 4.78 is 10.5. The van der Waals surface area contributed by atoms with Gasteiger partial charge in [0.25, 0.3) is 6.29 Å². The van der Waals surface area contributed by atoms with Crippen molar-refractivity contribution in [2.75, 3.05) is 7.11 Å². The maximum atomic E-state index is 12.1. The van der Waals surface area contributed by atoms with E-state index in [1.165, 1.54) is 0 Å². The van der Waals surface area contributed by atoms with Crippen LogP contribution in [0.4, 0.5) is 0 Å². The van der Waals surface area contributed by atoms with Gasteiger partial charge in [0, 0.05) is 18.2 Å². The summed E-state index contributed by atoms with van der Waals surface area (Å²) in [6.07, 6.45) is 1.88.